The molecule has 2 fully saturated rings. The molecule has 2 aromatic carbocycles. The first-order valence-electron chi connectivity index (χ1n) is 10.6. The number of benzene rings is 2. The van der Waals surface area contributed by atoms with E-state index in [9.17, 15) is 23.1 Å². The summed E-state index contributed by atoms with van der Waals surface area (Å²) in [7, 11) is 0. The minimum absolute atomic E-state index is 0. The average molecular weight is 469 g/mol. The van der Waals surface area contributed by atoms with Gasteiger partial charge in [0.05, 0.1) is 11.5 Å². The van der Waals surface area contributed by atoms with Crippen molar-refractivity contribution in [3.8, 4) is 0 Å². The molecule has 2 saturated heterocycles. The molecule has 4 nitrogen and oxygen atoms in total. The summed E-state index contributed by atoms with van der Waals surface area (Å²) >= 11 is 0. The monoisotopic (exact) mass is 468 g/mol. The molecule has 2 N–H and O–H groups in total. The third kappa shape index (κ3) is 4.26. The zero-order chi connectivity index (χ0) is 22.3. The number of nitrogens with one attached hydrogen (secondary N) is 1. The lowest BCUT2D eigenvalue weighted by atomic mass is 9.70. The normalized spacial score (nSPS) is 30.1. The van der Waals surface area contributed by atoms with E-state index in [-0.39, 0.29) is 36.1 Å². The van der Waals surface area contributed by atoms with E-state index in [0.717, 1.165) is 6.07 Å². The number of piperidine rings is 1. The highest BCUT2D eigenvalue weighted by Gasteiger charge is 2.48. The lowest BCUT2D eigenvalue weighted by Gasteiger charge is -2.48. The zero-order valence-corrected chi connectivity index (χ0v) is 18.8. The summed E-state index contributed by atoms with van der Waals surface area (Å²) in [5, 5.41) is 14.6. The predicted molar refractivity (Wildman–Crippen MR) is 118 cm³/mol. The molecular formula is C24H28ClF3N2O2. The molecule has 0 aliphatic carbocycles. The van der Waals surface area contributed by atoms with Crippen molar-refractivity contribution in [1.82, 2.24) is 10.2 Å². The summed E-state index contributed by atoms with van der Waals surface area (Å²) in [6.07, 6.45) is 0. The lowest BCUT2D eigenvalue weighted by Crippen LogP contribution is -2.57. The van der Waals surface area contributed by atoms with Crippen molar-refractivity contribution in [2.24, 2.45) is 17.8 Å². The second-order valence-electron chi connectivity index (χ2n) is 8.92. The SMILES string of the molecule is C[C@@H]1CN(C(=O)[C@@H]2CNC[C@H]2c2ccc(F)cc2F)C[C@H](C)C1(O)c1cccc(F)c1.Cl. The number of likely N-dealkylation sites (tertiary alicyclic amines) is 1. The molecule has 2 heterocycles. The Morgan fingerprint density at radius 3 is 2.31 bits per heavy atom. The van der Waals surface area contributed by atoms with Crippen molar-refractivity contribution < 1.29 is 23.1 Å². The minimum atomic E-state index is -1.25. The summed E-state index contributed by atoms with van der Waals surface area (Å²) < 4.78 is 41.5. The number of hydrogen-bond acceptors (Lipinski definition) is 3. The van der Waals surface area contributed by atoms with Crippen molar-refractivity contribution in [2.45, 2.75) is 25.4 Å². The van der Waals surface area contributed by atoms with Crippen molar-refractivity contribution in [3.05, 3.63) is 71.0 Å². The van der Waals surface area contributed by atoms with Crippen LogP contribution in [-0.2, 0) is 10.4 Å². The van der Waals surface area contributed by atoms with Crippen LogP contribution in [0.4, 0.5) is 13.2 Å². The Labute approximate surface area is 192 Å². The van der Waals surface area contributed by atoms with Crippen LogP contribution < -0.4 is 5.32 Å². The van der Waals surface area contributed by atoms with Crippen LogP contribution in [0, 0.1) is 35.2 Å². The maximum Gasteiger partial charge on any atom is 0.227 e. The fourth-order valence-electron chi connectivity index (χ4n) is 5.29. The van der Waals surface area contributed by atoms with E-state index < -0.39 is 29.0 Å². The second kappa shape index (κ2) is 9.41. The predicted octanol–water partition coefficient (Wildman–Crippen LogP) is 3.83. The number of hydrogen-bond donors (Lipinski definition) is 2. The van der Waals surface area contributed by atoms with E-state index in [1.165, 1.54) is 24.3 Å². The fraction of sp³-hybridized carbons (Fsp3) is 0.458. The van der Waals surface area contributed by atoms with Gasteiger partial charge in [0.1, 0.15) is 17.5 Å². The Hall–Kier alpha value is -2.09. The fourth-order valence-corrected chi connectivity index (χ4v) is 5.29. The van der Waals surface area contributed by atoms with Crippen molar-refractivity contribution in [1.29, 1.82) is 0 Å². The Morgan fingerprint density at radius 2 is 1.69 bits per heavy atom. The van der Waals surface area contributed by atoms with Crippen LogP contribution in [0.15, 0.2) is 42.5 Å². The van der Waals surface area contributed by atoms with Gasteiger partial charge in [-0.2, -0.15) is 0 Å². The highest BCUT2D eigenvalue weighted by molar-refractivity contribution is 5.85. The topological polar surface area (TPSA) is 52.6 Å². The third-order valence-electron chi connectivity index (χ3n) is 6.98. The van der Waals surface area contributed by atoms with Crippen LogP contribution in [0.2, 0.25) is 0 Å². The molecule has 4 rings (SSSR count). The number of aliphatic hydroxyl groups is 1. The van der Waals surface area contributed by atoms with Gasteiger partial charge < -0.3 is 15.3 Å². The molecule has 0 saturated carbocycles. The molecule has 1 amide bonds. The van der Waals surface area contributed by atoms with Gasteiger partial charge in [0.2, 0.25) is 5.91 Å². The van der Waals surface area contributed by atoms with Gasteiger partial charge in [0, 0.05) is 50.0 Å². The summed E-state index contributed by atoms with van der Waals surface area (Å²) in [5.74, 6) is -3.32. The zero-order valence-electron chi connectivity index (χ0n) is 18.0. The van der Waals surface area contributed by atoms with Crippen LogP contribution >= 0.6 is 12.4 Å². The van der Waals surface area contributed by atoms with E-state index in [2.05, 4.69) is 5.32 Å². The number of carbonyl (C=O) groups is 1. The quantitative estimate of drug-likeness (QED) is 0.720. The molecule has 0 spiro atoms. The van der Waals surface area contributed by atoms with E-state index in [1.807, 2.05) is 13.8 Å². The molecular weight excluding hydrogens is 441 g/mol. The van der Waals surface area contributed by atoms with Crippen LogP contribution in [0.3, 0.4) is 0 Å². The molecule has 1 unspecified atom stereocenters. The van der Waals surface area contributed by atoms with Crippen LogP contribution in [0.1, 0.15) is 30.9 Å². The molecule has 8 heteroatoms. The van der Waals surface area contributed by atoms with Gasteiger partial charge in [-0.25, -0.2) is 13.2 Å². The van der Waals surface area contributed by atoms with Crippen molar-refractivity contribution >= 4 is 18.3 Å². The maximum absolute atomic E-state index is 14.4. The molecule has 2 aliphatic heterocycles. The number of rotatable bonds is 3. The van der Waals surface area contributed by atoms with Crippen LogP contribution in [0.5, 0.6) is 0 Å². The molecule has 2 aromatic rings. The van der Waals surface area contributed by atoms with Crippen molar-refractivity contribution in [2.75, 3.05) is 26.2 Å². The first-order chi connectivity index (χ1) is 14.7. The Bertz CT molecular complexity index is 977. The number of carbonyl (C=O) groups excluding carboxylic acids is 1. The summed E-state index contributed by atoms with van der Waals surface area (Å²) in [4.78, 5) is 15.1. The minimum Gasteiger partial charge on any atom is -0.384 e. The molecule has 174 valence electrons. The van der Waals surface area contributed by atoms with Gasteiger partial charge in [-0.05, 0) is 29.3 Å². The Kier molecular flexibility index (Phi) is 7.22. The molecule has 5 atom stereocenters. The van der Waals surface area contributed by atoms with E-state index in [0.29, 0.717) is 37.3 Å². The lowest BCUT2D eigenvalue weighted by molar-refractivity contribution is -0.152. The number of amides is 1. The first kappa shape index (κ1) is 24.6. The molecule has 0 aromatic heterocycles. The van der Waals surface area contributed by atoms with Gasteiger partial charge >= 0.3 is 0 Å². The second-order valence-corrected chi connectivity index (χ2v) is 8.92. The van der Waals surface area contributed by atoms with Gasteiger partial charge in [0.15, 0.2) is 0 Å². The van der Waals surface area contributed by atoms with Gasteiger partial charge in [-0.1, -0.05) is 32.0 Å². The Morgan fingerprint density at radius 1 is 1.03 bits per heavy atom. The number of halogens is 4. The van der Waals surface area contributed by atoms with Gasteiger partial charge in [-0.3, -0.25) is 4.79 Å². The molecule has 0 bridgehead atoms. The maximum atomic E-state index is 14.4. The highest BCUT2D eigenvalue weighted by atomic mass is 35.5. The van der Waals surface area contributed by atoms with E-state index in [4.69, 9.17) is 0 Å². The molecule has 32 heavy (non-hydrogen) atoms. The van der Waals surface area contributed by atoms with Gasteiger partial charge in [0.25, 0.3) is 0 Å². The highest BCUT2D eigenvalue weighted by Crippen LogP contribution is 2.42. The molecule has 0 radical (unpaired) electrons. The Balaban J connectivity index is 0.00000289. The summed E-state index contributed by atoms with van der Waals surface area (Å²) in [5.41, 5.74) is -0.414. The van der Waals surface area contributed by atoms with Gasteiger partial charge in [-0.15, -0.1) is 12.4 Å². The van der Waals surface area contributed by atoms with Crippen molar-refractivity contribution in [3.63, 3.8) is 0 Å². The van der Waals surface area contributed by atoms with Crippen LogP contribution in [0.25, 0.3) is 0 Å². The standard InChI is InChI=1S/C24H27F3N2O2.ClH/c1-14-12-29(13-15(2)24(14,31)16-4-3-5-17(25)8-16)23(30)21-11-28-10-20(21)19-7-6-18(26)9-22(19)27;/h3-9,14-15,20-21,28,31H,10-13H2,1-2H3;1H/t14-,15+,20-,21+,24?;/m0./s1. The molecule has 2 aliphatic rings. The smallest absolute Gasteiger partial charge is 0.227 e. The van der Waals surface area contributed by atoms with Crippen LogP contribution in [-0.4, -0.2) is 42.1 Å². The van der Waals surface area contributed by atoms with E-state index >= 15 is 0 Å². The third-order valence-corrected chi connectivity index (χ3v) is 6.98. The first-order valence-corrected chi connectivity index (χ1v) is 10.6. The largest absolute Gasteiger partial charge is 0.384 e. The average Bonchev–Trinajstić information content (AvgIpc) is 3.20. The van der Waals surface area contributed by atoms with E-state index in [1.54, 1.807) is 17.0 Å². The summed E-state index contributed by atoms with van der Waals surface area (Å²) in [6.45, 7) is 5.17. The number of nitrogens with zero attached hydrogens (tertiary/aromatic N) is 1. The summed E-state index contributed by atoms with van der Waals surface area (Å²) in [6, 6.07) is 9.43.